The number of benzene rings is 1. The Hall–Kier alpha value is -2.21. The maximum Gasteiger partial charge on any atom is 0.265 e. The van der Waals surface area contributed by atoms with Gasteiger partial charge in [-0.3, -0.25) is 9.36 Å². The zero-order valence-electron chi connectivity index (χ0n) is 12.5. The van der Waals surface area contributed by atoms with Gasteiger partial charge in [0.2, 0.25) is 0 Å². The molecule has 0 amide bonds. The number of terminal acetylenes is 1. The van der Waals surface area contributed by atoms with Crippen molar-refractivity contribution in [2.45, 2.75) is 6.54 Å². The van der Waals surface area contributed by atoms with Gasteiger partial charge < -0.3 is 9.84 Å². The van der Waals surface area contributed by atoms with Gasteiger partial charge in [0.25, 0.3) is 5.56 Å². The van der Waals surface area contributed by atoms with Crippen LogP contribution in [0.1, 0.15) is 0 Å². The topological polar surface area (TPSA) is 77.2 Å². The molecule has 0 aliphatic heterocycles. The molecule has 0 aliphatic carbocycles. The van der Waals surface area contributed by atoms with Crippen LogP contribution in [-0.4, -0.2) is 33.6 Å². The molecule has 0 bridgehead atoms. The Bertz CT molecular complexity index is 1070. The standard InChI is InChI=1S/C15H8BCl2N3O3S/c1-2-5-21-14-13(25-20-19-14)11(22)10(15(21)23)9-7(17)3-4-8(18)12(9)24-6-16/h1,3-4,22H,5-6H2. The van der Waals surface area contributed by atoms with Crippen LogP contribution in [0.4, 0.5) is 0 Å². The monoisotopic (exact) mass is 391 g/mol. The molecule has 25 heavy (non-hydrogen) atoms. The summed E-state index contributed by atoms with van der Waals surface area (Å²) in [5.74, 6) is 2.14. The fourth-order valence-electron chi connectivity index (χ4n) is 2.41. The molecule has 6 nitrogen and oxygen atoms in total. The van der Waals surface area contributed by atoms with Crippen LogP contribution in [0.25, 0.3) is 21.5 Å². The minimum Gasteiger partial charge on any atom is -0.505 e. The quantitative estimate of drug-likeness (QED) is 0.546. The highest BCUT2D eigenvalue weighted by molar-refractivity contribution is 7.13. The van der Waals surface area contributed by atoms with Crippen molar-refractivity contribution in [3.8, 4) is 35.0 Å². The fourth-order valence-corrected chi connectivity index (χ4v) is 3.49. The molecular weight excluding hydrogens is 384 g/mol. The first-order valence-electron chi connectivity index (χ1n) is 6.83. The van der Waals surface area contributed by atoms with E-state index >= 15 is 0 Å². The molecule has 1 N–H and O–H groups in total. The molecular formula is C15H8BCl2N3O3S. The van der Waals surface area contributed by atoms with Gasteiger partial charge in [-0.25, -0.2) is 0 Å². The van der Waals surface area contributed by atoms with Crippen molar-refractivity contribution >= 4 is 52.9 Å². The average molecular weight is 392 g/mol. The van der Waals surface area contributed by atoms with E-state index < -0.39 is 5.56 Å². The minimum atomic E-state index is -0.596. The van der Waals surface area contributed by atoms with Gasteiger partial charge in [-0.2, -0.15) is 0 Å². The van der Waals surface area contributed by atoms with Crippen molar-refractivity contribution < 1.29 is 9.84 Å². The Labute approximate surface area is 157 Å². The lowest BCUT2D eigenvalue weighted by Gasteiger charge is -2.16. The molecule has 124 valence electrons. The number of ether oxygens (including phenoxy) is 1. The van der Waals surface area contributed by atoms with Crippen molar-refractivity contribution in [1.29, 1.82) is 0 Å². The van der Waals surface area contributed by atoms with Crippen LogP contribution >= 0.6 is 34.7 Å². The summed E-state index contributed by atoms with van der Waals surface area (Å²) in [6, 6.07) is 2.99. The normalized spacial score (nSPS) is 10.8. The molecule has 3 aromatic rings. The van der Waals surface area contributed by atoms with E-state index in [1.807, 2.05) is 0 Å². The van der Waals surface area contributed by atoms with Gasteiger partial charge in [-0.1, -0.05) is 33.6 Å². The Morgan fingerprint density at radius 3 is 2.76 bits per heavy atom. The lowest BCUT2D eigenvalue weighted by molar-refractivity contribution is 0.389. The zero-order chi connectivity index (χ0) is 18.1. The molecule has 2 radical (unpaired) electrons. The Balaban J connectivity index is 2.48. The van der Waals surface area contributed by atoms with Crippen LogP contribution in [0.15, 0.2) is 16.9 Å². The first kappa shape index (κ1) is 17.6. The summed E-state index contributed by atoms with van der Waals surface area (Å²) in [4.78, 5) is 13.0. The highest BCUT2D eigenvalue weighted by Gasteiger charge is 2.26. The van der Waals surface area contributed by atoms with Crippen molar-refractivity contribution in [2.75, 3.05) is 6.51 Å². The van der Waals surface area contributed by atoms with Crippen LogP contribution < -0.4 is 10.3 Å². The summed E-state index contributed by atoms with van der Waals surface area (Å²) in [6.07, 6.45) is 5.34. The smallest absolute Gasteiger partial charge is 0.265 e. The second kappa shape index (κ2) is 6.96. The number of nitrogens with zero attached hydrogens (tertiary/aromatic N) is 3. The molecule has 1 aromatic carbocycles. The third-order valence-electron chi connectivity index (χ3n) is 3.42. The lowest BCUT2D eigenvalue weighted by Crippen LogP contribution is -2.22. The number of hydrogen-bond donors (Lipinski definition) is 1. The summed E-state index contributed by atoms with van der Waals surface area (Å²) in [7, 11) is 5.44. The summed E-state index contributed by atoms with van der Waals surface area (Å²) in [5, 5.41) is 14.9. The van der Waals surface area contributed by atoms with Gasteiger partial charge in [-0.05, 0) is 23.7 Å². The molecule has 0 fully saturated rings. The van der Waals surface area contributed by atoms with E-state index in [9.17, 15) is 9.90 Å². The van der Waals surface area contributed by atoms with Gasteiger partial charge >= 0.3 is 0 Å². The van der Waals surface area contributed by atoms with Gasteiger partial charge in [-0.15, -0.1) is 11.5 Å². The predicted octanol–water partition coefficient (Wildman–Crippen LogP) is 2.67. The molecule has 10 heteroatoms. The van der Waals surface area contributed by atoms with Crippen molar-refractivity contribution in [2.24, 2.45) is 0 Å². The van der Waals surface area contributed by atoms with Crippen LogP contribution in [-0.2, 0) is 6.54 Å². The van der Waals surface area contributed by atoms with E-state index in [-0.39, 0.29) is 51.4 Å². The van der Waals surface area contributed by atoms with Gasteiger partial charge in [0.05, 0.1) is 27.7 Å². The van der Waals surface area contributed by atoms with Crippen molar-refractivity contribution in [1.82, 2.24) is 14.2 Å². The summed E-state index contributed by atoms with van der Waals surface area (Å²) >= 11 is 13.3. The molecule has 0 aliphatic rings. The van der Waals surface area contributed by atoms with Crippen LogP contribution in [0, 0.1) is 12.3 Å². The fraction of sp³-hybridized carbons (Fsp3) is 0.133. The predicted molar refractivity (Wildman–Crippen MR) is 98.9 cm³/mol. The first-order chi connectivity index (χ1) is 12.0. The average Bonchev–Trinajstić information content (AvgIpc) is 3.07. The molecule has 0 unspecified atom stereocenters. The molecule has 0 saturated heterocycles. The first-order valence-corrected chi connectivity index (χ1v) is 8.36. The summed E-state index contributed by atoms with van der Waals surface area (Å²) in [5.41, 5.74) is -0.386. The van der Waals surface area contributed by atoms with Gasteiger partial charge in [0.1, 0.15) is 18.3 Å². The van der Waals surface area contributed by atoms with E-state index in [0.717, 1.165) is 11.5 Å². The van der Waals surface area contributed by atoms with E-state index in [1.165, 1.54) is 16.7 Å². The lowest BCUT2D eigenvalue weighted by atomic mass is 10.0. The number of rotatable bonds is 4. The second-order valence-corrected chi connectivity index (χ2v) is 6.36. The highest BCUT2D eigenvalue weighted by Crippen LogP contribution is 2.45. The summed E-state index contributed by atoms with van der Waals surface area (Å²) in [6.45, 7) is -0.254. The molecule has 3 rings (SSSR count). The highest BCUT2D eigenvalue weighted by atomic mass is 35.5. The molecule has 0 atom stereocenters. The maximum absolute atomic E-state index is 13.0. The molecule has 0 spiro atoms. The van der Waals surface area contributed by atoms with Crippen molar-refractivity contribution in [3.05, 3.63) is 32.5 Å². The van der Waals surface area contributed by atoms with E-state index in [1.54, 1.807) is 0 Å². The summed E-state index contributed by atoms with van der Waals surface area (Å²) < 4.78 is 10.6. The van der Waals surface area contributed by atoms with Crippen LogP contribution in [0.5, 0.6) is 11.5 Å². The van der Waals surface area contributed by atoms with E-state index in [4.69, 9.17) is 42.2 Å². The third kappa shape index (κ3) is 2.84. The number of halogens is 2. The second-order valence-electron chi connectivity index (χ2n) is 4.79. The van der Waals surface area contributed by atoms with Crippen LogP contribution in [0.3, 0.4) is 0 Å². The third-order valence-corrected chi connectivity index (χ3v) is 4.76. The number of pyridine rings is 1. The minimum absolute atomic E-state index is 0.0563. The maximum atomic E-state index is 13.0. The molecule has 0 saturated carbocycles. The SMILES string of the molecule is [B]COc1c(Cl)ccc(Cl)c1-c1c(O)c2snnc2n(CC#C)c1=O. The Morgan fingerprint density at radius 2 is 2.08 bits per heavy atom. The number of aromatic hydroxyl groups is 1. The molecule has 2 heterocycles. The van der Waals surface area contributed by atoms with E-state index in [0.29, 0.717) is 4.70 Å². The zero-order valence-corrected chi connectivity index (χ0v) is 14.8. The Morgan fingerprint density at radius 1 is 1.36 bits per heavy atom. The Kier molecular flexibility index (Phi) is 4.90. The van der Waals surface area contributed by atoms with Gasteiger partial charge in [0.15, 0.2) is 11.4 Å². The van der Waals surface area contributed by atoms with Gasteiger partial charge in [0, 0.05) is 6.51 Å². The number of fused-ring (bicyclic) bond motifs is 1. The van der Waals surface area contributed by atoms with E-state index in [2.05, 4.69) is 15.5 Å². The van der Waals surface area contributed by atoms with Crippen molar-refractivity contribution in [3.63, 3.8) is 0 Å². The number of hydrogen-bond acceptors (Lipinski definition) is 6. The largest absolute Gasteiger partial charge is 0.505 e. The molecule has 2 aromatic heterocycles. The number of aromatic nitrogens is 3. The van der Waals surface area contributed by atoms with Crippen LogP contribution in [0.2, 0.25) is 10.0 Å².